The van der Waals surface area contributed by atoms with Crippen molar-refractivity contribution < 1.29 is 18.9 Å². The van der Waals surface area contributed by atoms with Gasteiger partial charge in [0.25, 0.3) is 11.8 Å². The third-order valence-corrected chi connectivity index (χ3v) is 4.61. The topological polar surface area (TPSA) is 132 Å². The number of nitrogens with zero attached hydrogens (tertiary/aromatic N) is 4. The van der Waals surface area contributed by atoms with Gasteiger partial charge in [-0.05, 0) is 25.0 Å². The first kappa shape index (κ1) is 24.2. The number of hydrogen-bond acceptors (Lipinski definition) is 6. The number of ketones is 1. The molecule has 2 rings (SSSR count). The standard InChI is InChI=1S/C21H31N7O3/c1-28(2,3)15-20(30)23-17(21(31)24-22)12-8-5-9-13-19(29)18-14-27(26-25-18)16-10-6-4-7-11-16/h4,6-7,10-11,14,17H,5,8-9,12-13,15H2,1-3H3,(H3-,22,23,24,25,26,30,31)/p+1/t17-/m0/s1. The van der Waals surface area contributed by atoms with Crippen LogP contribution in [-0.2, 0) is 9.59 Å². The fraction of sp³-hybridized carbons (Fsp3) is 0.476. The van der Waals surface area contributed by atoms with Crippen molar-refractivity contribution in [2.45, 2.75) is 38.1 Å². The number of unbranched alkanes of at least 4 members (excludes halogenated alkanes) is 2. The van der Waals surface area contributed by atoms with E-state index in [-0.39, 0.29) is 18.2 Å². The lowest BCUT2D eigenvalue weighted by atomic mass is 10.0. The van der Waals surface area contributed by atoms with Gasteiger partial charge in [0.2, 0.25) is 0 Å². The van der Waals surface area contributed by atoms with E-state index in [1.54, 1.807) is 10.9 Å². The molecule has 0 aliphatic rings. The number of Topliss-reactive ketones (excluding diaryl/α,β-unsaturated/α-hetero) is 1. The zero-order chi connectivity index (χ0) is 22.9. The number of nitrogens with one attached hydrogen (secondary N) is 2. The van der Waals surface area contributed by atoms with E-state index < -0.39 is 11.9 Å². The highest BCUT2D eigenvalue weighted by atomic mass is 16.2. The molecule has 1 aromatic heterocycles. The molecule has 2 aromatic rings. The van der Waals surface area contributed by atoms with Gasteiger partial charge in [-0.25, -0.2) is 10.5 Å². The van der Waals surface area contributed by atoms with Gasteiger partial charge in [0.15, 0.2) is 12.3 Å². The Labute approximate surface area is 182 Å². The lowest BCUT2D eigenvalue weighted by Gasteiger charge is -2.24. The zero-order valence-electron chi connectivity index (χ0n) is 18.4. The Hall–Kier alpha value is -3.11. The van der Waals surface area contributed by atoms with Crippen LogP contribution in [0.25, 0.3) is 5.69 Å². The van der Waals surface area contributed by atoms with Crippen LogP contribution in [0, 0.1) is 0 Å². The van der Waals surface area contributed by atoms with Gasteiger partial charge >= 0.3 is 0 Å². The largest absolute Gasteiger partial charge is 0.339 e. The van der Waals surface area contributed by atoms with E-state index >= 15 is 0 Å². The van der Waals surface area contributed by atoms with Crippen LogP contribution in [0.2, 0.25) is 0 Å². The second kappa shape index (κ2) is 11.3. The molecule has 0 aliphatic carbocycles. The number of amides is 2. The van der Waals surface area contributed by atoms with Gasteiger partial charge in [-0.1, -0.05) is 36.3 Å². The molecular formula is C21H32N7O3+. The second-order valence-electron chi connectivity index (χ2n) is 8.48. The van der Waals surface area contributed by atoms with Gasteiger partial charge in [0.05, 0.1) is 33.0 Å². The first-order valence-corrected chi connectivity index (χ1v) is 10.3. The van der Waals surface area contributed by atoms with Gasteiger partial charge in [0.1, 0.15) is 11.7 Å². The third-order valence-electron chi connectivity index (χ3n) is 4.61. The SMILES string of the molecule is C[N+](C)(C)CC(=O)N[C@@H](CCCCCC(=O)c1cn(-c2ccccc2)nn1)C(=O)NN. The summed E-state index contributed by atoms with van der Waals surface area (Å²) < 4.78 is 2.03. The molecule has 0 unspecified atom stereocenters. The minimum atomic E-state index is -0.689. The third kappa shape index (κ3) is 8.27. The molecule has 4 N–H and O–H groups in total. The molecule has 0 radical (unpaired) electrons. The van der Waals surface area contributed by atoms with E-state index in [4.69, 9.17) is 5.84 Å². The van der Waals surface area contributed by atoms with Crippen molar-refractivity contribution >= 4 is 17.6 Å². The van der Waals surface area contributed by atoms with Crippen LogP contribution >= 0.6 is 0 Å². The molecule has 168 valence electrons. The average molecular weight is 431 g/mol. The van der Waals surface area contributed by atoms with Crippen LogP contribution in [0.15, 0.2) is 36.5 Å². The van der Waals surface area contributed by atoms with E-state index in [0.29, 0.717) is 35.9 Å². The lowest BCUT2D eigenvalue weighted by Crippen LogP contribution is -2.52. The number of benzene rings is 1. The van der Waals surface area contributed by atoms with E-state index in [0.717, 1.165) is 12.1 Å². The Morgan fingerprint density at radius 3 is 2.45 bits per heavy atom. The Morgan fingerprint density at radius 1 is 1.10 bits per heavy atom. The molecule has 10 heteroatoms. The minimum absolute atomic E-state index is 0.0744. The molecule has 1 aromatic carbocycles. The predicted octanol–water partition coefficient (Wildman–Crippen LogP) is 0.581. The molecule has 1 atom stereocenters. The summed E-state index contributed by atoms with van der Waals surface area (Å²) in [6, 6.07) is 8.77. The number of hydrogen-bond donors (Lipinski definition) is 3. The smallest absolute Gasteiger partial charge is 0.275 e. The molecule has 0 spiro atoms. The molecule has 10 nitrogen and oxygen atoms in total. The number of likely N-dealkylation sites (N-methyl/N-ethyl adjacent to an activating group) is 1. The predicted molar refractivity (Wildman–Crippen MR) is 116 cm³/mol. The number of nitrogens with two attached hydrogens (primary N) is 1. The first-order valence-electron chi connectivity index (χ1n) is 10.3. The van der Waals surface area contributed by atoms with Crippen LogP contribution in [0.4, 0.5) is 0 Å². The molecule has 31 heavy (non-hydrogen) atoms. The molecule has 1 heterocycles. The van der Waals surface area contributed by atoms with Crippen LogP contribution in [0.1, 0.15) is 42.6 Å². The minimum Gasteiger partial charge on any atom is -0.339 e. The molecule has 0 saturated carbocycles. The molecule has 0 bridgehead atoms. The van der Waals surface area contributed by atoms with Crippen LogP contribution < -0.4 is 16.6 Å². The summed E-state index contributed by atoms with van der Waals surface area (Å²) in [7, 11) is 5.69. The fourth-order valence-electron chi connectivity index (χ4n) is 3.08. The van der Waals surface area contributed by atoms with Crippen molar-refractivity contribution in [3.63, 3.8) is 0 Å². The van der Waals surface area contributed by atoms with Crippen molar-refractivity contribution in [3.8, 4) is 5.69 Å². The lowest BCUT2D eigenvalue weighted by molar-refractivity contribution is -0.862. The summed E-state index contributed by atoms with van der Waals surface area (Å²) in [5, 5.41) is 10.7. The summed E-state index contributed by atoms with van der Waals surface area (Å²) >= 11 is 0. The number of hydrazine groups is 1. The Kier molecular flexibility index (Phi) is 8.83. The van der Waals surface area contributed by atoms with Gasteiger partial charge < -0.3 is 9.80 Å². The van der Waals surface area contributed by atoms with Crippen LogP contribution in [0.5, 0.6) is 0 Å². The summed E-state index contributed by atoms with van der Waals surface area (Å²) in [4.78, 5) is 36.4. The zero-order valence-corrected chi connectivity index (χ0v) is 18.4. The number of rotatable bonds is 12. The number of carbonyl (C=O) groups is 3. The summed E-state index contributed by atoms with van der Waals surface area (Å²) in [6.45, 7) is 0.256. The maximum absolute atomic E-state index is 12.4. The van der Waals surface area contributed by atoms with Gasteiger partial charge in [-0.15, -0.1) is 5.10 Å². The van der Waals surface area contributed by atoms with Crippen molar-refractivity contribution in [3.05, 3.63) is 42.2 Å². The molecule has 0 fully saturated rings. The van der Waals surface area contributed by atoms with Gasteiger partial charge in [0, 0.05) is 6.42 Å². The number of para-hydroxylation sites is 1. The highest BCUT2D eigenvalue weighted by Gasteiger charge is 2.23. The van der Waals surface area contributed by atoms with E-state index in [1.165, 1.54) is 0 Å². The maximum atomic E-state index is 12.4. The maximum Gasteiger partial charge on any atom is 0.275 e. The molecule has 0 aliphatic heterocycles. The quantitative estimate of drug-likeness (QED) is 0.113. The number of carbonyl (C=O) groups excluding carboxylic acids is 3. The summed E-state index contributed by atoms with van der Waals surface area (Å²) in [5.74, 6) is 4.53. The normalized spacial score (nSPS) is 12.3. The van der Waals surface area contributed by atoms with E-state index in [1.807, 2.05) is 51.5 Å². The molecule has 0 saturated heterocycles. The highest BCUT2D eigenvalue weighted by Crippen LogP contribution is 2.11. The van der Waals surface area contributed by atoms with Crippen molar-refractivity contribution in [2.75, 3.05) is 27.7 Å². The molecular weight excluding hydrogens is 398 g/mol. The molecule has 2 amide bonds. The van der Waals surface area contributed by atoms with Crippen molar-refractivity contribution in [1.82, 2.24) is 25.7 Å². The number of quaternary nitrogens is 1. The van der Waals surface area contributed by atoms with Crippen LogP contribution in [-0.4, -0.2) is 70.8 Å². The summed E-state index contributed by atoms with van der Waals surface area (Å²) in [5.41, 5.74) is 3.27. The van der Waals surface area contributed by atoms with Crippen molar-refractivity contribution in [2.24, 2.45) is 5.84 Å². The summed E-state index contributed by atoms with van der Waals surface area (Å²) in [6.07, 6.45) is 4.48. The monoisotopic (exact) mass is 430 g/mol. The van der Waals surface area contributed by atoms with Crippen LogP contribution in [0.3, 0.4) is 0 Å². The van der Waals surface area contributed by atoms with E-state index in [9.17, 15) is 14.4 Å². The Balaban J connectivity index is 1.76. The van der Waals surface area contributed by atoms with Gasteiger partial charge in [-0.3, -0.25) is 19.8 Å². The average Bonchev–Trinajstić information content (AvgIpc) is 3.21. The van der Waals surface area contributed by atoms with E-state index in [2.05, 4.69) is 21.1 Å². The fourth-order valence-corrected chi connectivity index (χ4v) is 3.08. The Bertz CT molecular complexity index is 875. The number of aromatic nitrogens is 3. The second-order valence-corrected chi connectivity index (χ2v) is 8.48. The Morgan fingerprint density at radius 2 is 1.81 bits per heavy atom. The van der Waals surface area contributed by atoms with Crippen molar-refractivity contribution in [1.29, 1.82) is 0 Å². The highest BCUT2D eigenvalue weighted by molar-refractivity contribution is 5.93. The first-order chi connectivity index (χ1) is 14.7. The van der Waals surface area contributed by atoms with Gasteiger partial charge in [-0.2, -0.15) is 0 Å².